The molecule has 0 fully saturated rings. The Labute approximate surface area is 143 Å². The van der Waals surface area contributed by atoms with Crippen molar-refractivity contribution >= 4 is 39.3 Å². The Hall–Kier alpha value is -1.43. The number of hydrogen-bond donors (Lipinski definition) is 0. The normalized spacial score (nSPS) is 10.5. The number of carbonyl (C=O) groups is 1. The third-order valence-electron chi connectivity index (χ3n) is 3.08. The highest BCUT2D eigenvalue weighted by Gasteiger charge is 2.12. The quantitative estimate of drug-likeness (QED) is 0.714. The summed E-state index contributed by atoms with van der Waals surface area (Å²) in [6, 6.07) is 11.4. The second-order valence-electron chi connectivity index (χ2n) is 4.72. The number of aromatic nitrogens is 1. The van der Waals surface area contributed by atoms with Gasteiger partial charge in [-0.05, 0) is 36.2 Å². The molecule has 0 aliphatic heterocycles. The van der Waals surface area contributed by atoms with Crippen LogP contribution in [0.1, 0.15) is 5.56 Å². The van der Waals surface area contributed by atoms with E-state index in [0.717, 1.165) is 16.5 Å². The summed E-state index contributed by atoms with van der Waals surface area (Å²) in [5.41, 5.74) is 1.16. The maximum Gasteiger partial charge on any atom is 0.253 e. The molecule has 0 bridgehead atoms. The Morgan fingerprint density at radius 2 is 2.18 bits per heavy atom. The van der Waals surface area contributed by atoms with Crippen molar-refractivity contribution in [3.63, 3.8) is 0 Å². The van der Waals surface area contributed by atoms with E-state index in [-0.39, 0.29) is 12.5 Å². The fourth-order valence-electron chi connectivity index (χ4n) is 1.83. The summed E-state index contributed by atoms with van der Waals surface area (Å²) in [5, 5.41) is 0.537. The lowest BCUT2D eigenvalue weighted by Gasteiger charge is -2.16. The molecule has 4 nitrogen and oxygen atoms in total. The van der Waals surface area contributed by atoms with E-state index in [0.29, 0.717) is 17.4 Å². The van der Waals surface area contributed by atoms with E-state index in [4.69, 9.17) is 16.3 Å². The van der Waals surface area contributed by atoms with Gasteiger partial charge in [-0.3, -0.25) is 9.69 Å². The Kier molecular flexibility index (Phi) is 6.36. The molecule has 6 heteroatoms. The standard InChI is InChI=1S/C16H16BrClN2O2/c1-20(15-6-5-14(18)10-19-15)16(21)11-22-8-7-12-3-2-4-13(17)9-12/h2-6,9-10H,7-8,11H2,1H3. The van der Waals surface area contributed by atoms with E-state index >= 15 is 0 Å². The van der Waals surface area contributed by atoms with Crippen molar-refractivity contribution in [3.05, 3.63) is 57.7 Å². The molecular formula is C16H16BrClN2O2. The zero-order valence-corrected chi connectivity index (χ0v) is 14.5. The molecule has 1 amide bonds. The highest BCUT2D eigenvalue weighted by atomic mass is 79.9. The molecule has 1 heterocycles. The van der Waals surface area contributed by atoms with Crippen LogP contribution >= 0.6 is 27.5 Å². The number of pyridine rings is 1. The Morgan fingerprint density at radius 3 is 2.86 bits per heavy atom. The number of ether oxygens (including phenoxy) is 1. The van der Waals surface area contributed by atoms with Gasteiger partial charge in [0.1, 0.15) is 12.4 Å². The highest BCUT2D eigenvalue weighted by molar-refractivity contribution is 9.10. The second kappa shape index (κ2) is 8.27. The van der Waals surface area contributed by atoms with E-state index in [9.17, 15) is 4.79 Å². The van der Waals surface area contributed by atoms with Gasteiger partial charge >= 0.3 is 0 Å². The highest BCUT2D eigenvalue weighted by Crippen LogP contribution is 2.14. The van der Waals surface area contributed by atoms with Crippen molar-refractivity contribution in [1.29, 1.82) is 0 Å². The minimum atomic E-state index is -0.149. The van der Waals surface area contributed by atoms with Gasteiger partial charge in [-0.15, -0.1) is 0 Å². The lowest BCUT2D eigenvalue weighted by Crippen LogP contribution is -2.31. The summed E-state index contributed by atoms with van der Waals surface area (Å²) in [6.07, 6.45) is 2.27. The van der Waals surface area contributed by atoms with E-state index in [1.807, 2.05) is 24.3 Å². The molecule has 22 heavy (non-hydrogen) atoms. The third-order valence-corrected chi connectivity index (χ3v) is 3.80. The summed E-state index contributed by atoms with van der Waals surface area (Å²) >= 11 is 9.20. The molecule has 2 rings (SSSR count). The molecule has 0 N–H and O–H groups in total. The van der Waals surface area contributed by atoms with Crippen LogP contribution in [0.3, 0.4) is 0 Å². The first-order chi connectivity index (χ1) is 10.6. The lowest BCUT2D eigenvalue weighted by atomic mass is 10.2. The average Bonchev–Trinajstić information content (AvgIpc) is 2.51. The van der Waals surface area contributed by atoms with Crippen molar-refractivity contribution in [2.45, 2.75) is 6.42 Å². The van der Waals surface area contributed by atoms with Crippen molar-refractivity contribution in [3.8, 4) is 0 Å². The van der Waals surface area contributed by atoms with Gasteiger partial charge in [0.25, 0.3) is 5.91 Å². The first kappa shape index (κ1) is 16.9. The zero-order valence-electron chi connectivity index (χ0n) is 12.1. The van der Waals surface area contributed by atoms with Crippen molar-refractivity contribution in [1.82, 2.24) is 4.98 Å². The van der Waals surface area contributed by atoms with Gasteiger partial charge in [-0.2, -0.15) is 0 Å². The number of rotatable bonds is 6. The third kappa shape index (κ3) is 5.09. The maximum atomic E-state index is 12.0. The number of benzene rings is 1. The molecule has 0 radical (unpaired) electrons. The summed E-state index contributed by atoms with van der Waals surface area (Å²) in [4.78, 5) is 17.6. The Morgan fingerprint density at radius 1 is 1.36 bits per heavy atom. The van der Waals surface area contributed by atoms with Gasteiger partial charge in [0.05, 0.1) is 11.6 Å². The van der Waals surface area contributed by atoms with E-state index in [1.54, 1.807) is 19.2 Å². The molecule has 116 valence electrons. The van der Waals surface area contributed by atoms with E-state index in [1.165, 1.54) is 11.1 Å². The van der Waals surface area contributed by atoms with Crippen LogP contribution in [0.25, 0.3) is 0 Å². The van der Waals surface area contributed by atoms with Gasteiger partial charge in [-0.25, -0.2) is 4.98 Å². The zero-order chi connectivity index (χ0) is 15.9. The van der Waals surface area contributed by atoms with Gasteiger partial charge in [0.2, 0.25) is 0 Å². The van der Waals surface area contributed by atoms with Crippen LogP contribution in [0.5, 0.6) is 0 Å². The number of amides is 1. The molecule has 1 aromatic carbocycles. The molecule has 0 saturated heterocycles. The number of carbonyl (C=O) groups excluding carboxylic acids is 1. The van der Waals surface area contributed by atoms with Crippen LogP contribution in [0.4, 0.5) is 5.82 Å². The predicted octanol–water partition coefficient (Wildman–Crippen LogP) is 3.72. The molecule has 2 aromatic rings. The minimum Gasteiger partial charge on any atom is -0.371 e. The molecule has 0 unspecified atom stereocenters. The minimum absolute atomic E-state index is 0.0226. The number of nitrogens with zero attached hydrogens (tertiary/aromatic N) is 2. The van der Waals surface area contributed by atoms with Crippen molar-refractivity contribution in [2.24, 2.45) is 0 Å². The van der Waals surface area contributed by atoms with Gasteiger partial charge in [0, 0.05) is 17.7 Å². The van der Waals surface area contributed by atoms with Crippen LogP contribution in [0.15, 0.2) is 47.1 Å². The lowest BCUT2D eigenvalue weighted by molar-refractivity contribution is -0.122. The first-order valence-electron chi connectivity index (χ1n) is 6.76. The predicted molar refractivity (Wildman–Crippen MR) is 91.3 cm³/mol. The van der Waals surface area contributed by atoms with Crippen LogP contribution < -0.4 is 4.90 Å². The topological polar surface area (TPSA) is 42.4 Å². The first-order valence-corrected chi connectivity index (χ1v) is 7.93. The summed E-state index contributed by atoms with van der Waals surface area (Å²) in [6.45, 7) is 0.513. The largest absolute Gasteiger partial charge is 0.371 e. The fourth-order valence-corrected chi connectivity index (χ4v) is 2.39. The number of anilines is 1. The van der Waals surface area contributed by atoms with Crippen LogP contribution in [0, 0.1) is 0 Å². The van der Waals surface area contributed by atoms with Gasteiger partial charge < -0.3 is 4.74 Å². The van der Waals surface area contributed by atoms with Crippen LogP contribution in [0.2, 0.25) is 5.02 Å². The monoisotopic (exact) mass is 382 g/mol. The van der Waals surface area contributed by atoms with Crippen molar-refractivity contribution < 1.29 is 9.53 Å². The Balaban J connectivity index is 1.76. The SMILES string of the molecule is CN(C(=O)COCCc1cccc(Br)c1)c1ccc(Cl)cn1. The van der Waals surface area contributed by atoms with E-state index in [2.05, 4.69) is 20.9 Å². The summed E-state index contributed by atoms with van der Waals surface area (Å²) in [7, 11) is 1.66. The average molecular weight is 384 g/mol. The van der Waals surface area contributed by atoms with E-state index < -0.39 is 0 Å². The molecule has 0 spiro atoms. The number of halogens is 2. The smallest absolute Gasteiger partial charge is 0.253 e. The number of hydrogen-bond acceptors (Lipinski definition) is 3. The molecule has 0 saturated carbocycles. The molecule has 0 aliphatic carbocycles. The van der Waals surface area contributed by atoms with Crippen LogP contribution in [-0.2, 0) is 16.0 Å². The van der Waals surface area contributed by atoms with Crippen molar-refractivity contribution in [2.75, 3.05) is 25.2 Å². The second-order valence-corrected chi connectivity index (χ2v) is 6.07. The summed E-state index contributed by atoms with van der Waals surface area (Å²) < 4.78 is 6.48. The fraction of sp³-hybridized carbons (Fsp3) is 0.250. The Bertz CT molecular complexity index is 634. The number of likely N-dealkylation sites (N-methyl/N-ethyl adjacent to an activating group) is 1. The molecular weight excluding hydrogens is 368 g/mol. The molecule has 0 aliphatic rings. The maximum absolute atomic E-state index is 12.0. The molecule has 1 aromatic heterocycles. The van der Waals surface area contributed by atoms with Gasteiger partial charge in [0.15, 0.2) is 0 Å². The summed E-state index contributed by atoms with van der Waals surface area (Å²) in [5.74, 6) is 0.397. The van der Waals surface area contributed by atoms with Gasteiger partial charge in [-0.1, -0.05) is 39.7 Å². The molecule has 0 atom stereocenters. The van der Waals surface area contributed by atoms with Crippen LogP contribution in [-0.4, -0.2) is 31.2 Å².